The highest BCUT2D eigenvalue weighted by Crippen LogP contribution is 2.25. The number of anilines is 1. The quantitative estimate of drug-likeness (QED) is 0.914. The van der Waals surface area contributed by atoms with Crippen molar-refractivity contribution in [2.45, 2.75) is 39.7 Å². The highest BCUT2D eigenvalue weighted by Gasteiger charge is 2.35. The molecule has 0 aromatic heterocycles. The second-order valence-electron chi connectivity index (χ2n) is 5.59. The lowest BCUT2D eigenvalue weighted by molar-refractivity contribution is -0.126. The molecule has 1 saturated heterocycles. The van der Waals surface area contributed by atoms with E-state index in [9.17, 15) is 9.59 Å². The Morgan fingerprint density at radius 3 is 2.55 bits per heavy atom. The molecule has 4 nitrogen and oxygen atoms in total. The molecule has 1 atom stereocenters. The van der Waals surface area contributed by atoms with Gasteiger partial charge in [-0.1, -0.05) is 19.1 Å². The number of nitrogens with one attached hydrogen (secondary N) is 1. The second-order valence-corrected chi connectivity index (χ2v) is 5.59. The van der Waals surface area contributed by atoms with Gasteiger partial charge in [0, 0.05) is 24.7 Å². The van der Waals surface area contributed by atoms with Gasteiger partial charge < -0.3 is 10.2 Å². The summed E-state index contributed by atoms with van der Waals surface area (Å²) in [6.45, 7) is 6.43. The first-order valence-electron chi connectivity index (χ1n) is 7.21. The van der Waals surface area contributed by atoms with Gasteiger partial charge in [-0.05, 0) is 38.0 Å². The van der Waals surface area contributed by atoms with Crippen LogP contribution in [0.4, 0.5) is 5.69 Å². The van der Waals surface area contributed by atoms with Crippen molar-refractivity contribution in [1.82, 2.24) is 5.32 Å². The van der Waals surface area contributed by atoms with E-state index in [-0.39, 0.29) is 23.8 Å². The van der Waals surface area contributed by atoms with Crippen molar-refractivity contribution in [3.8, 4) is 0 Å². The fourth-order valence-electron chi connectivity index (χ4n) is 2.45. The molecule has 1 aliphatic rings. The van der Waals surface area contributed by atoms with Crippen molar-refractivity contribution < 1.29 is 9.59 Å². The molecule has 1 aromatic carbocycles. The zero-order chi connectivity index (χ0) is 14.7. The highest BCUT2D eigenvalue weighted by molar-refractivity contribution is 6.00. The highest BCUT2D eigenvalue weighted by atomic mass is 16.2. The summed E-state index contributed by atoms with van der Waals surface area (Å²) >= 11 is 0. The lowest BCUT2D eigenvalue weighted by Crippen LogP contribution is -2.36. The summed E-state index contributed by atoms with van der Waals surface area (Å²) in [5.41, 5.74) is 2.13. The van der Waals surface area contributed by atoms with Crippen LogP contribution in [0.2, 0.25) is 0 Å². The predicted molar refractivity (Wildman–Crippen MR) is 79.6 cm³/mol. The first-order chi connectivity index (χ1) is 9.51. The van der Waals surface area contributed by atoms with Crippen LogP contribution in [0, 0.1) is 5.92 Å². The maximum absolute atomic E-state index is 12.1. The molecule has 0 bridgehead atoms. The molecule has 0 saturated carbocycles. The van der Waals surface area contributed by atoms with E-state index in [0.29, 0.717) is 13.0 Å². The van der Waals surface area contributed by atoms with Gasteiger partial charge >= 0.3 is 0 Å². The maximum atomic E-state index is 12.1. The maximum Gasteiger partial charge on any atom is 0.227 e. The zero-order valence-corrected chi connectivity index (χ0v) is 12.3. The largest absolute Gasteiger partial charge is 0.354 e. The van der Waals surface area contributed by atoms with Gasteiger partial charge in [0.15, 0.2) is 0 Å². The smallest absolute Gasteiger partial charge is 0.227 e. The molecule has 0 unspecified atom stereocenters. The van der Waals surface area contributed by atoms with Crippen LogP contribution in [0.15, 0.2) is 24.3 Å². The summed E-state index contributed by atoms with van der Waals surface area (Å²) < 4.78 is 0. The first kappa shape index (κ1) is 14.6. The van der Waals surface area contributed by atoms with E-state index in [1.807, 2.05) is 38.1 Å². The number of hydrogen-bond donors (Lipinski definition) is 1. The third kappa shape index (κ3) is 3.18. The van der Waals surface area contributed by atoms with E-state index in [1.54, 1.807) is 4.90 Å². The van der Waals surface area contributed by atoms with Crippen molar-refractivity contribution >= 4 is 17.5 Å². The summed E-state index contributed by atoms with van der Waals surface area (Å²) in [5, 5.41) is 2.88. The minimum atomic E-state index is -0.240. The number of carbonyl (C=O) groups is 2. The van der Waals surface area contributed by atoms with Crippen LogP contribution in [0.3, 0.4) is 0 Å². The first-order valence-corrected chi connectivity index (χ1v) is 7.21. The third-order valence-corrected chi connectivity index (χ3v) is 3.58. The molecule has 1 aromatic rings. The molecular weight excluding hydrogens is 252 g/mol. The Hall–Kier alpha value is -1.84. The molecule has 1 aliphatic heterocycles. The Balaban J connectivity index is 2.06. The standard InChI is InChI=1S/C16H22N2O2/c1-4-12-5-7-14(8-6-12)18-10-13(9-15(18)19)16(20)17-11(2)3/h5-8,11,13H,4,9-10H2,1-3H3,(H,17,20)/t13-/m1/s1. The summed E-state index contributed by atoms with van der Waals surface area (Å²) in [6, 6.07) is 8.09. The van der Waals surface area contributed by atoms with Gasteiger partial charge in [0.2, 0.25) is 11.8 Å². The third-order valence-electron chi connectivity index (χ3n) is 3.58. The molecule has 0 radical (unpaired) electrons. The van der Waals surface area contributed by atoms with Gasteiger partial charge in [-0.15, -0.1) is 0 Å². The van der Waals surface area contributed by atoms with Gasteiger partial charge in [0.1, 0.15) is 0 Å². The summed E-state index contributed by atoms with van der Waals surface area (Å²) in [7, 11) is 0. The fourth-order valence-corrected chi connectivity index (χ4v) is 2.45. The molecule has 0 spiro atoms. The van der Waals surface area contributed by atoms with E-state index < -0.39 is 0 Å². The van der Waals surface area contributed by atoms with Crippen LogP contribution in [0.1, 0.15) is 32.8 Å². The number of carbonyl (C=O) groups excluding carboxylic acids is 2. The van der Waals surface area contributed by atoms with Crippen molar-refractivity contribution in [3.05, 3.63) is 29.8 Å². The normalized spacial score (nSPS) is 18.7. The van der Waals surface area contributed by atoms with E-state index in [0.717, 1.165) is 12.1 Å². The summed E-state index contributed by atoms with van der Waals surface area (Å²) in [4.78, 5) is 25.8. The van der Waals surface area contributed by atoms with Crippen molar-refractivity contribution in [2.75, 3.05) is 11.4 Å². The van der Waals surface area contributed by atoms with Crippen LogP contribution in [-0.2, 0) is 16.0 Å². The minimum absolute atomic E-state index is 0.0261. The van der Waals surface area contributed by atoms with Crippen LogP contribution >= 0.6 is 0 Å². The Morgan fingerprint density at radius 1 is 1.35 bits per heavy atom. The Morgan fingerprint density at radius 2 is 2.00 bits per heavy atom. The summed E-state index contributed by atoms with van der Waals surface area (Å²) in [6.07, 6.45) is 1.28. The minimum Gasteiger partial charge on any atom is -0.354 e. The number of rotatable bonds is 4. The lowest BCUT2D eigenvalue weighted by atomic mass is 10.1. The van der Waals surface area contributed by atoms with Crippen LogP contribution in [-0.4, -0.2) is 24.4 Å². The summed E-state index contributed by atoms with van der Waals surface area (Å²) in [5.74, 6) is -0.241. The van der Waals surface area contributed by atoms with Crippen LogP contribution in [0.25, 0.3) is 0 Å². The molecule has 20 heavy (non-hydrogen) atoms. The monoisotopic (exact) mass is 274 g/mol. The van der Waals surface area contributed by atoms with E-state index in [1.165, 1.54) is 5.56 Å². The number of aryl methyl sites for hydroxylation is 1. The number of hydrogen-bond acceptors (Lipinski definition) is 2. The molecule has 4 heteroatoms. The topological polar surface area (TPSA) is 49.4 Å². The molecule has 1 fully saturated rings. The van der Waals surface area contributed by atoms with Gasteiger partial charge in [-0.3, -0.25) is 9.59 Å². The van der Waals surface area contributed by atoms with Gasteiger partial charge in [-0.2, -0.15) is 0 Å². The fraction of sp³-hybridized carbons (Fsp3) is 0.500. The van der Waals surface area contributed by atoms with Crippen molar-refractivity contribution in [1.29, 1.82) is 0 Å². The van der Waals surface area contributed by atoms with E-state index >= 15 is 0 Å². The number of benzene rings is 1. The second kappa shape index (κ2) is 6.07. The SMILES string of the molecule is CCc1ccc(N2C[C@H](C(=O)NC(C)C)CC2=O)cc1. The van der Waals surface area contributed by atoms with Gasteiger partial charge in [0.25, 0.3) is 0 Å². The number of nitrogens with zero attached hydrogens (tertiary/aromatic N) is 1. The van der Waals surface area contributed by atoms with Crippen molar-refractivity contribution in [3.63, 3.8) is 0 Å². The predicted octanol–water partition coefficient (Wildman–Crippen LogP) is 2.13. The zero-order valence-electron chi connectivity index (χ0n) is 12.3. The molecular formula is C16H22N2O2. The van der Waals surface area contributed by atoms with Crippen molar-refractivity contribution in [2.24, 2.45) is 5.92 Å². The molecule has 2 rings (SSSR count). The molecule has 2 amide bonds. The van der Waals surface area contributed by atoms with Crippen LogP contribution < -0.4 is 10.2 Å². The van der Waals surface area contributed by atoms with E-state index in [2.05, 4.69) is 12.2 Å². The Labute approximate surface area is 120 Å². The average molecular weight is 274 g/mol. The Bertz CT molecular complexity index is 494. The molecule has 1 N–H and O–H groups in total. The number of amides is 2. The molecule has 0 aliphatic carbocycles. The lowest BCUT2D eigenvalue weighted by Gasteiger charge is -2.17. The molecule has 108 valence electrons. The molecule has 1 heterocycles. The Kier molecular flexibility index (Phi) is 4.42. The van der Waals surface area contributed by atoms with Gasteiger partial charge in [-0.25, -0.2) is 0 Å². The van der Waals surface area contributed by atoms with E-state index in [4.69, 9.17) is 0 Å². The van der Waals surface area contributed by atoms with Gasteiger partial charge in [0.05, 0.1) is 5.92 Å². The van der Waals surface area contributed by atoms with Crippen LogP contribution in [0.5, 0.6) is 0 Å². The average Bonchev–Trinajstić information content (AvgIpc) is 2.80.